The predicted molar refractivity (Wildman–Crippen MR) is 137 cm³/mol. The molecule has 1 fully saturated rings. The van der Waals surface area contributed by atoms with E-state index in [-0.39, 0.29) is 5.91 Å². The van der Waals surface area contributed by atoms with Gasteiger partial charge in [0.2, 0.25) is 0 Å². The second kappa shape index (κ2) is 12.3. The highest BCUT2D eigenvalue weighted by Gasteiger charge is 2.24. The lowest BCUT2D eigenvalue weighted by atomic mass is 10.1. The molecule has 2 aromatic carbocycles. The molecular formula is C25H28Cl2N2O2S. The van der Waals surface area contributed by atoms with Gasteiger partial charge in [0.1, 0.15) is 0 Å². The van der Waals surface area contributed by atoms with Crippen LogP contribution in [0.4, 0.5) is 5.69 Å². The average molecular weight is 491 g/mol. The van der Waals surface area contributed by atoms with Crippen LogP contribution in [0.15, 0.2) is 46.3 Å². The van der Waals surface area contributed by atoms with E-state index < -0.39 is 0 Å². The van der Waals surface area contributed by atoms with Crippen LogP contribution in [0.5, 0.6) is 5.75 Å². The summed E-state index contributed by atoms with van der Waals surface area (Å²) in [7, 11) is 0. The molecule has 7 heteroatoms. The molecule has 3 rings (SSSR count). The third kappa shape index (κ3) is 7.29. The normalized spacial score (nSPS) is 16.1. The Labute approximate surface area is 204 Å². The van der Waals surface area contributed by atoms with E-state index in [4.69, 9.17) is 27.9 Å². The van der Waals surface area contributed by atoms with E-state index >= 15 is 0 Å². The molecule has 1 amide bonds. The first-order valence-corrected chi connectivity index (χ1v) is 12.5. The Morgan fingerprint density at radius 2 is 1.69 bits per heavy atom. The van der Waals surface area contributed by atoms with Gasteiger partial charge in [0, 0.05) is 0 Å². The number of hydrogen-bond donors (Lipinski definition) is 1. The zero-order valence-corrected chi connectivity index (χ0v) is 20.7. The lowest BCUT2D eigenvalue weighted by Crippen LogP contribution is -2.19. The SMILES string of the molecule is CCCCCCCCOc1c(Cl)cc(/C=C2/SC(=Nc3ccc(C)cc3)NC2=O)cc1Cl. The number of ether oxygens (including phenoxy) is 1. The lowest BCUT2D eigenvalue weighted by molar-refractivity contribution is -0.115. The van der Waals surface area contributed by atoms with Gasteiger partial charge in [-0.05, 0) is 61.0 Å². The monoisotopic (exact) mass is 490 g/mol. The molecule has 1 heterocycles. The van der Waals surface area contributed by atoms with Gasteiger partial charge < -0.3 is 10.1 Å². The molecule has 0 unspecified atom stereocenters. The van der Waals surface area contributed by atoms with Crippen LogP contribution in [-0.4, -0.2) is 17.7 Å². The maximum Gasteiger partial charge on any atom is 0.264 e. The van der Waals surface area contributed by atoms with Gasteiger partial charge in [0.25, 0.3) is 5.91 Å². The van der Waals surface area contributed by atoms with Gasteiger partial charge >= 0.3 is 0 Å². The smallest absolute Gasteiger partial charge is 0.264 e. The molecule has 0 bridgehead atoms. The largest absolute Gasteiger partial charge is 0.490 e. The number of carbonyl (C=O) groups is 1. The van der Waals surface area contributed by atoms with E-state index in [1.807, 2.05) is 31.2 Å². The van der Waals surface area contributed by atoms with E-state index in [1.165, 1.54) is 37.4 Å². The van der Waals surface area contributed by atoms with Crippen LogP contribution < -0.4 is 10.1 Å². The van der Waals surface area contributed by atoms with Crippen molar-refractivity contribution in [2.45, 2.75) is 52.4 Å². The highest BCUT2D eigenvalue weighted by Crippen LogP contribution is 2.36. The summed E-state index contributed by atoms with van der Waals surface area (Å²) in [5.41, 5.74) is 2.68. The Bertz CT molecular complexity index is 980. The summed E-state index contributed by atoms with van der Waals surface area (Å²) in [4.78, 5) is 17.4. The van der Waals surface area contributed by atoms with E-state index in [2.05, 4.69) is 17.2 Å². The van der Waals surface area contributed by atoms with Crippen molar-refractivity contribution in [1.29, 1.82) is 0 Å². The van der Waals surface area contributed by atoms with Crippen molar-refractivity contribution in [3.05, 3.63) is 62.5 Å². The Hall–Kier alpha value is -1.95. The Morgan fingerprint density at radius 3 is 2.38 bits per heavy atom. The van der Waals surface area contributed by atoms with Crippen molar-refractivity contribution in [1.82, 2.24) is 5.32 Å². The van der Waals surface area contributed by atoms with Crippen molar-refractivity contribution in [3.8, 4) is 5.75 Å². The first kappa shape index (κ1) is 24.7. The second-order valence-electron chi connectivity index (χ2n) is 7.75. The fourth-order valence-corrected chi connectivity index (χ4v) is 4.68. The highest BCUT2D eigenvalue weighted by molar-refractivity contribution is 8.18. The number of amidine groups is 1. The minimum atomic E-state index is -0.198. The molecule has 1 N–H and O–H groups in total. The van der Waals surface area contributed by atoms with Gasteiger partial charge in [-0.3, -0.25) is 4.79 Å². The van der Waals surface area contributed by atoms with Gasteiger partial charge in [-0.2, -0.15) is 0 Å². The number of amides is 1. The maximum atomic E-state index is 12.4. The van der Waals surface area contributed by atoms with Crippen LogP contribution in [0.1, 0.15) is 56.6 Å². The Kier molecular flexibility index (Phi) is 9.51. The van der Waals surface area contributed by atoms with Crippen LogP contribution >= 0.6 is 35.0 Å². The fraction of sp³-hybridized carbons (Fsp3) is 0.360. The van der Waals surface area contributed by atoms with Crippen LogP contribution in [0.2, 0.25) is 10.0 Å². The number of aliphatic imine (C=N–C) groups is 1. The van der Waals surface area contributed by atoms with Gasteiger partial charge in [-0.25, -0.2) is 4.99 Å². The molecule has 32 heavy (non-hydrogen) atoms. The Morgan fingerprint density at radius 1 is 1.03 bits per heavy atom. The van der Waals surface area contributed by atoms with Crippen molar-refractivity contribution in [3.63, 3.8) is 0 Å². The highest BCUT2D eigenvalue weighted by atomic mass is 35.5. The number of unbranched alkanes of at least 4 members (excludes halogenated alkanes) is 5. The average Bonchev–Trinajstić information content (AvgIpc) is 3.09. The van der Waals surface area contributed by atoms with Crippen LogP contribution in [0.25, 0.3) is 6.08 Å². The summed E-state index contributed by atoms with van der Waals surface area (Å²) in [6.45, 7) is 4.82. The summed E-state index contributed by atoms with van der Waals surface area (Å²) in [6.07, 6.45) is 8.88. The molecule has 1 aliphatic rings. The zero-order chi connectivity index (χ0) is 22.9. The zero-order valence-electron chi connectivity index (χ0n) is 18.4. The summed E-state index contributed by atoms with van der Waals surface area (Å²) in [5.74, 6) is 0.297. The minimum absolute atomic E-state index is 0.198. The molecule has 0 spiro atoms. The first-order valence-electron chi connectivity index (χ1n) is 10.9. The number of aryl methyl sites for hydroxylation is 1. The topological polar surface area (TPSA) is 50.7 Å². The van der Waals surface area contributed by atoms with E-state index in [1.54, 1.807) is 18.2 Å². The van der Waals surface area contributed by atoms with Crippen molar-refractivity contribution in [2.24, 2.45) is 4.99 Å². The number of hydrogen-bond acceptors (Lipinski definition) is 4. The van der Waals surface area contributed by atoms with Crippen molar-refractivity contribution >= 4 is 57.8 Å². The van der Waals surface area contributed by atoms with E-state index in [0.29, 0.717) is 32.5 Å². The predicted octanol–water partition coefficient (Wildman–Crippen LogP) is 7.93. The number of carbonyl (C=O) groups excluding carboxylic acids is 1. The molecule has 170 valence electrons. The number of rotatable bonds is 10. The minimum Gasteiger partial charge on any atom is -0.490 e. The van der Waals surface area contributed by atoms with Gasteiger partial charge in [0.05, 0.1) is 27.2 Å². The molecular weight excluding hydrogens is 463 g/mol. The van der Waals surface area contributed by atoms with Crippen LogP contribution in [0, 0.1) is 6.92 Å². The van der Waals surface area contributed by atoms with Crippen LogP contribution in [0.3, 0.4) is 0 Å². The third-order valence-electron chi connectivity index (χ3n) is 4.98. The first-order chi connectivity index (χ1) is 15.5. The van der Waals surface area contributed by atoms with Crippen molar-refractivity contribution in [2.75, 3.05) is 6.61 Å². The molecule has 2 aromatic rings. The van der Waals surface area contributed by atoms with Gasteiger partial charge in [0.15, 0.2) is 10.9 Å². The molecule has 0 saturated carbocycles. The lowest BCUT2D eigenvalue weighted by Gasteiger charge is -2.11. The number of nitrogens with zero attached hydrogens (tertiary/aromatic N) is 1. The van der Waals surface area contributed by atoms with E-state index in [9.17, 15) is 4.79 Å². The number of thioether (sulfide) groups is 1. The molecule has 1 aliphatic heterocycles. The number of halogens is 2. The standard InChI is InChI=1S/C25H28Cl2N2O2S/c1-3-4-5-6-7-8-13-31-23-20(26)14-18(15-21(23)27)16-22-24(30)29-25(32-22)28-19-11-9-17(2)10-12-19/h9-12,14-16H,3-8,13H2,1-2H3,(H,28,29,30)/b22-16+. The molecule has 0 aliphatic carbocycles. The van der Waals surface area contributed by atoms with Gasteiger partial charge in [-0.15, -0.1) is 0 Å². The summed E-state index contributed by atoms with van der Waals surface area (Å²) in [5, 5.41) is 4.21. The summed E-state index contributed by atoms with van der Waals surface area (Å²) in [6, 6.07) is 11.3. The fourth-order valence-electron chi connectivity index (χ4n) is 3.23. The second-order valence-corrected chi connectivity index (χ2v) is 9.59. The number of nitrogens with one attached hydrogen (secondary N) is 1. The molecule has 1 saturated heterocycles. The van der Waals surface area contributed by atoms with Crippen molar-refractivity contribution < 1.29 is 9.53 Å². The Balaban J connectivity index is 1.61. The van der Waals surface area contributed by atoms with Gasteiger partial charge in [-0.1, -0.05) is 79.9 Å². The summed E-state index contributed by atoms with van der Waals surface area (Å²) < 4.78 is 5.82. The molecule has 0 atom stereocenters. The van der Waals surface area contributed by atoms with E-state index in [0.717, 1.165) is 29.7 Å². The summed E-state index contributed by atoms with van der Waals surface area (Å²) >= 11 is 14.1. The molecule has 4 nitrogen and oxygen atoms in total. The van der Waals surface area contributed by atoms with Crippen LogP contribution in [-0.2, 0) is 4.79 Å². The molecule has 0 radical (unpaired) electrons. The maximum absolute atomic E-state index is 12.4. The quantitative estimate of drug-likeness (QED) is 0.271. The number of benzene rings is 2. The molecule has 0 aromatic heterocycles. The third-order valence-corrected chi connectivity index (χ3v) is 6.45.